The van der Waals surface area contributed by atoms with Crippen molar-refractivity contribution in [1.82, 2.24) is 9.55 Å². The third kappa shape index (κ3) is 6.85. The predicted octanol–water partition coefficient (Wildman–Crippen LogP) is 6.14. The quantitative estimate of drug-likeness (QED) is 0.231. The molecule has 0 aliphatic carbocycles. The summed E-state index contributed by atoms with van der Waals surface area (Å²) < 4.78 is 17.9. The zero-order chi connectivity index (χ0) is 23.5. The number of carbonyl (C=O) groups excluding carboxylic acids is 1. The van der Waals surface area contributed by atoms with Gasteiger partial charge in [0, 0.05) is 24.1 Å². The standard InChI is InChI=1S/C27H34N2O4/c1-4-33-25(30)10-8-6-5-7-9-19-29-20-28-26(21-11-15-23(31-2)16-12-21)27(29)22-13-17-24(32-3)18-14-22/h11-18,20H,4-10,19H2,1-3H3. The van der Waals surface area contributed by atoms with E-state index in [9.17, 15) is 4.79 Å². The van der Waals surface area contributed by atoms with Gasteiger partial charge in [0.25, 0.3) is 0 Å². The second kappa shape index (κ2) is 12.7. The molecule has 0 atom stereocenters. The van der Waals surface area contributed by atoms with Gasteiger partial charge in [0.15, 0.2) is 0 Å². The normalized spacial score (nSPS) is 10.8. The number of aromatic nitrogens is 2. The first kappa shape index (κ1) is 24.4. The molecule has 2 aromatic carbocycles. The number of aryl methyl sites for hydroxylation is 1. The van der Waals surface area contributed by atoms with E-state index in [1.54, 1.807) is 14.2 Å². The first-order chi connectivity index (χ1) is 16.2. The van der Waals surface area contributed by atoms with E-state index in [0.29, 0.717) is 13.0 Å². The van der Waals surface area contributed by atoms with Crippen LogP contribution < -0.4 is 9.47 Å². The number of benzene rings is 2. The van der Waals surface area contributed by atoms with Gasteiger partial charge in [-0.2, -0.15) is 0 Å². The second-order valence-corrected chi connectivity index (χ2v) is 7.91. The SMILES string of the molecule is CCOC(=O)CCCCCCCn1cnc(-c2ccc(OC)cc2)c1-c1ccc(OC)cc1. The highest BCUT2D eigenvalue weighted by Crippen LogP contribution is 2.33. The van der Waals surface area contributed by atoms with Crippen molar-refractivity contribution in [2.75, 3.05) is 20.8 Å². The minimum atomic E-state index is -0.0916. The van der Waals surface area contributed by atoms with Crippen molar-refractivity contribution in [3.63, 3.8) is 0 Å². The fourth-order valence-corrected chi connectivity index (χ4v) is 3.88. The number of rotatable bonds is 13. The molecule has 0 amide bonds. The third-order valence-electron chi connectivity index (χ3n) is 5.65. The van der Waals surface area contributed by atoms with Crippen molar-refractivity contribution in [3.05, 3.63) is 54.9 Å². The lowest BCUT2D eigenvalue weighted by atomic mass is 10.0. The molecule has 1 aromatic heterocycles. The molecular formula is C27H34N2O4. The van der Waals surface area contributed by atoms with Crippen molar-refractivity contribution >= 4 is 5.97 Å². The van der Waals surface area contributed by atoms with Crippen LogP contribution in [0.5, 0.6) is 11.5 Å². The first-order valence-electron chi connectivity index (χ1n) is 11.7. The molecule has 0 aliphatic rings. The van der Waals surface area contributed by atoms with Gasteiger partial charge in [-0.05, 0) is 68.3 Å². The Kier molecular flexibility index (Phi) is 9.36. The minimum Gasteiger partial charge on any atom is -0.497 e. The molecule has 1 heterocycles. The Hall–Kier alpha value is -3.28. The number of nitrogens with zero attached hydrogens (tertiary/aromatic N) is 2. The van der Waals surface area contributed by atoms with Crippen LogP contribution in [0.3, 0.4) is 0 Å². The van der Waals surface area contributed by atoms with E-state index < -0.39 is 0 Å². The van der Waals surface area contributed by atoms with E-state index in [-0.39, 0.29) is 5.97 Å². The highest BCUT2D eigenvalue weighted by atomic mass is 16.5. The number of carbonyl (C=O) groups is 1. The van der Waals surface area contributed by atoms with Gasteiger partial charge in [0.2, 0.25) is 0 Å². The minimum absolute atomic E-state index is 0.0916. The van der Waals surface area contributed by atoms with Crippen molar-refractivity contribution in [2.24, 2.45) is 0 Å². The largest absolute Gasteiger partial charge is 0.497 e. The predicted molar refractivity (Wildman–Crippen MR) is 131 cm³/mol. The summed E-state index contributed by atoms with van der Waals surface area (Å²) in [4.78, 5) is 16.2. The lowest BCUT2D eigenvalue weighted by Crippen LogP contribution is -2.03. The fraction of sp³-hybridized carbons (Fsp3) is 0.407. The molecule has 3 rings (SSSR count). The Morgan fingerprint density at radius 1 is 0.818 bits per heavy atom. The Bertz CT molecular complexity index is 994. The lowest BCUT2D eigenvalue weighted by molar-refractivity contribution is -0.143. The molecule has 33 heavy (non-hydrogen) atoms. The van der Waals surface area contributed by atoms with E-state index in [1.165, 1.54) is 0 Å². The maximum Gasteiger partial charge on any atom is 0.305 e. The van der Waals surface area contributed by atoms with Crippen LogP contribution >= 0.6 is 0 Å². The number of unbranched alkanes of at least 4 members (excludes halogenated alkanes) is 4. The monoisotopic (exact) mass is 450 g/mol. The molecule has 0 fully saturated rings. The van der Waals surface area contributed by atoms with Crippen molar-refractivity contribution < 1.29 is 19.0 Å². The smallest absolute Gasteiger partial charge is 0.305 e. The van der Waals surface area contributed by atoms with E-state index in [1.807, 2.05) is 49.6 Å². The first-order valence-corrected chi connectivity index (χ1v) is 11.7. The number of hydrogen-bond donors (Lipinski definition) is 0. The molecule has 0 saturated carbocycles. The molecular weight excluding hydrogens is 416 g/mol. The molecule has 0 radical (unpaired) electrons. The summed E-state index contributed by atoms with van der Waals surface area (Å²) in [6, 6.07) is 16.1. The van der Waals surface area contributed by atoms with E-state index >= 15 is 0 Å². The number of imidazole rings is 1. The molecule has 176 valence electrons. The van der Waals surface area contributed by atoms with Crippen LogP contribution in [0, 0.1) is 0 Å². The van der Waals surface area contributed by atoms with Crippen molar-refractivity contribution in [3.8, 4) is 34.0 Å². The summed E-state index contributed by atoms with van der Waals surface area (Å²) in [5.74, 6) is 1.57. The molecule has 0 bridgehead atoms. The Morgan fingerprint density at radius 2 is 1.39 bits per heavy atom. The molecule has 0 spiro atoms. The summed E-state index contributed by atoms with van der Waals surface area (Å²) in [7, 11) is 3.35. The van der Waals surface area contributed by atoms with Crippen LogP contribution in [0.15, 0.2) is 54.9 Å². The van der Waals surface area contributed by atoms with Crippen LogP contribution in [-0.4, -0.2) is 36.3 Å². The average molecular weight is 451 g/mol. The van der Waals surface area contributed by atoms with Gasteiger partial charge in [-0.1, -0.05) is 19.3 Å². The Morgan fingerprint density at radius 3 is 2.00 bits per heavy atom. The highest BCUT2D eigenvalue weighted by molar-refractivity contribution is 5.79. The van der Waals surface area contributed by atoms with Crippen LogP contribution in [0.25, 0.3) is 22.5 Å². The molecule has 6 nitrogen and oxygen atoms in total. The third-order valence-corrected chi connectivity index (χ3v) is 5.65. The summed E-state index contributed by atoms with van der Waals surface area (Å²) in [6.45, 7) is 3.19. The molecule has 0 saturated heterocycles. The van der Waals surface area contributed by atoms with E-state index in [4.69, 9.17) is 19.2 Å². The molecule has 0 aliphatic heterocycles. The number of esters is 1. The van der Waals surface area contributed by atoms with Gasteiger partial charge in [-0.25, -0.2) is 4.98 Å². The van der Waals surface area contributed by atoms with E-state index in [2.05, 4.69) is 16.7 Å². The topological polar surface area (TPSA) is 62.6 Å². The molecule has 0 unspecified atom stereocenters. The summed E-state index contributed by atoms with van der Waals surface area (Å²) in [5.41, 5.74) is 4.22. The second-order valence-electron chi connectivity index (χ2n) is 7.91. The maximum atomic E-state index is 11.4. The van der Waals surface area contributed by atoms with Crippen molar-refractivity contribution in [1.29, 1.82) is 0 Å². The lowest BCUT2D eigenvalue weighted by Gasteiger charge is -2.12. The van der Waals surface area contributed by atoms with Crippen LogP contribution in [0.1, 0.15) is 45.4 Å². The summed E-state index contributed by atoms with van der Waals surface area (Å²) >= 11 is 0. The van der Waals surface area contributed by atoms with Gasteiger partial charge >= 0.3 is 5.97 Å². The van der Waals surface area contributed by atoms with Gasteiger partial charge in [0.1, 0.15) is 11.5 Å². The van der Waals surface area contributed by atoms with Gasteiger partial charge in [-0.3, -0.25) is 4.79 Å². The summed E-state index contributed by atoms with van der Waals surface area (Å²) in [6.07, 6.45) is 7.66. The van der Waals surface area contributed by atoms with Crippen molar-refractivity contribution in [2.45, 2.75) is 52.0 Å². The maximum absolute atomic E-state index is 11.4. The van der Waals surface area contributed by atoms with Crippen LogP contribution in [0.4, 0.5) is 0 Å². The zero-order valence-electron chi connectivity index (χ0n) is 19.9. The Balaban J connectivity index is 1.68. The number of hydrogen-bond acceptors (Lipinski definition) is 5. The van der Waals surface area contributed by atoms with Crippen LogP contribution in [-0.2, 0) is 16.1 Å². The van der Waals surface area contributed by atoms with Crippen LogP contribution in [0.2, 0.25) is 0 Å². The zero-order valence-corrected chi connectivity index (χ0v) is 19.9. The molecule has 3 aromatic rings. The average Bonchev–Trinajstić information content (AvgIpc) is 3.27. The summed E-state index contributed by atoms with van der Waals surface area (Å²) in [5, 5.41) is 0. The molecule has 0 N–H and O–H groups in total. The Labute approximate surface area is 196 Å². The van der Waals surface area contributed by atoms with E-state index in [0.717, 1.165) is 72.7 Å². The molecule has 6 heteroatoms. The number of ether oxygens (including phenoxy) is 3. The highest BCUT2D eigenvalue weighted by Gasteiger charge is 2.15. The fourth-order valence-electron chi connectivity index (χ4n) is 3.88. The van der Waals surface area contributed by atoms with Gasteiger partial charge in [0.05, 0.1) is 38.5 Å². The van der Waals surface area contributed by atoms with Gasteiger partial charge in [-0.15, -0.1) is 0 Å². The number of methoxy groups -OCH3 is 2. The van der Waals surface area contributed by atoms with Gasteiger partial charge < -0.3 is 18.8 Å².